The van der Waals surface area contributed by atoms with Crippen molar-refractivity contribution in [1.29, 1.82) is 0 Å². The van der Waals surface area contributed by atoms with Crippen molar-refractivity contribution < 1.29 is 4.74 Å². The normalized spacial score (nSPS) is 12.9. The molecule has 12 heavy (non-hydrogen) atoms. The Morgan fingerprint density at radius 1 is 1.67 bits per heavy atom. The lowest BCUT2D eigenvalue weighted by molar-refractivity contribution is 0.179. The Labute approximate surface area is 71.8 Å². The van der Waals surface area contributed by atoms with E-state index in [-0.39, 0.29) is 6.04 Å². The minimum Gasteiger partial charge on any atom is -0.383 e. The predicted octanol–water partition coefficient (Wildman–Crippen LogP) is 0.431. The first-order chi connectivity index (χ1) is 5.74. The Kier molecular flexibility index (Phi) is 3.13. The van der Waals surface area contributed by atoms with Crippen LogP contribution in [0.25, 0.3) is 0 Å². The van der Waals surface area contributed by atoms with Gasteiger partial charge in [0, 0.05) is 13.3 Å². The first-order valence-corrected chi connectivity index (χ1v) is 3.78. The molecule has 0 saturated carbocycles. The van der Waals surface area contributed by atoms with Gasteiger partial charge in [0.25, 0.3) is 0 Å². The Balaban J connectivity index is 2.73. The lowest BCUT2D eigenvalue weighted by atomic mass is 10.2. The molecule has 0 amide bonds. The Bertz CT molecular complexity index is 252. The number of nitrogens with zero attached hydrogens (tertiary/aromatic N) is 2. The first-order valence-electron chi connectivity index (χ1n) is 3.78. The van der Waals surface area contributed by atoms with Gasteiger partial charge in [-0.3, -0.25) is 0 Å². The third kappa shape index (κ3) is 2.25. The molecule has 4 heteroatoms. The van der Waals surface area contributed by atoms with Crippen LogP contribution in [-0.4, -0.2) is 23.7 Å². The standard InChI is InChI=1S/C8H13N3O/c1-6-10-4-3-8(11-6)7(9)5-12-2/h3-4,7H,5,9H2,1-2H3. The van der Waals surface area contributed by atoms with E-state index in [9.17, 15) is 0 Å². The van der Waals surface area contributed by atoms with Crippen LogP contribution in [0.4, 0.5) is 0 Å². The molecule has 1 unspecified atom stereocenters. The third-order valence-corrected chi connectivity index (χ3v) is 1.52. The van der Waals surface area contributed by atoms with E-state index in [4.69, 9.17) is 10.5 Å². The summed E-state index contributed by atoms with van der Waals surface area (Å²) in [5.74, 6) is 0.735. The number of aromatic nitrogens is 2. The highest BCUT2D eigenvalue weighted by molar-refractivity contribution is 5.06. The second-order valence-electron chi connectivity index (χ2n) is 2.59. The van der Waals surface area contributed by atoms with Gasteiger partial charge in [0.05, 0.1) is 18.3 Å². The molecule has 1 aromatic heterocycles. The van der Waals surface area contributed by atoms with Crippen LogP contribution >= 0.6 is 0 Å². The van der Waals surface area contributed by atoms with Gasteiger partial charge in [-0.05, 0) is 13.0 Å². The molecule has 1 atom stereocenters. The van der Waals surface area contributed by atoms with Crippen LogP contribution in [0.2, 0.25) is 0 Å². The van der Waals surface area contributed by atoms with Crippen LogP contribution in [0.15, 0.2) is 12.3 Å². The molecule has 0 aliphatic rings. The summed E-state index contributed by atoms with van der Waals surface area (Å²) in [5, 5.41) is 0. The highest BCUT2D eigenvalue weighted by Gasteiger charge is 2.06. The Hall–Kier alpha value is -1.00. The number of ether oxygens (including phenoxy) is 1. The number of hydrogen-bond donors (Lipinski definition) is 1. The summed E-state index contributed by atoms with van der Waals surface area (Å²) in [6.07, 6.45) is 1.70. The number of hydrogen-bond acceptors (Lipinski definition) is 4. The molecule has 2 N–H and O–H groups in total. The second kappa shape index (κ2) is 4.13. The van der Waals surface area contributed by atoms with Gasteiger partial charge in [-0.2, -0.15) is 0 Å². The molecule has 1 aromatic rings. The minimum absolute atomic E-state index is 0.156. The topological polar surface area (TPSA) is 61.0 Å². The summed E-state index contributed by atoms with van der Waals surface area (Å²) < 4.78 is 4.91. The molecular weight excluding hydrogens is 154 g/mol. The zero-order chi connectivity index (χ0) is 8.97. The predicted molar refractivity (Wildman–Crippen MR) is 45.6 cm³/mol. The van der Waals surface area contributed by atoms with E-state index in [1.807, 2.05) is 6.92 Å². The zero-order valence-corrected chi connectivity index (χ0v) is 7.32. The van der Waals surface area contributed by atoms with Crippen molar-refractivity contribution >= 4 is 0 Å². The molecule has 4 nitrogen and oxygen atoms in total. The van der Waals surface area contributed by atoms with Crippen LogP contribution in [0.1, 0.15) is 17.6 Å². The van der Waals surface area contributed by atoms with Crippen molar-refractivity contribution in [2.24, 2.45) is 5.73 Å². The van der Waals surface area contributed by atoms with E-state index in [1.165, 1.54) is 0 Å². The molecule has 0 fully saturated rings. The maximum absolute atomic E-state index is 5.76. The number of nitrogens with two attached hydrogens (primary N) is 1. The van der Waals surface area contributed by atoms with E-state index >= 15 is 0 Å². The van der Waals surface area contributed by atoms with E-state index in [2.05, 4.69) is 9.97 Å². The largest absolute Gasteiger partial charge is 0.383 e. The van der Waals surface area contributed by atoms with Crippen molar-refractivity contribution in [3.63, 3.8) is 0 Å². The summed E-state index contributed by atoms with van der Waals surface area (Å²) in [6, 6.07) is 1.65. The van der Waals surface area contributed by atoms with Crippen molar-refractivity contribution in [3.05, 3.63) is 23.8 Å². The van der Waals surface area contributed by atoms with Gasteiger partial charge in [-0.1, -0.05) is 0 Å². The quantitative estimate of drug-likeness (QED) is 0.709. The highest BCUT2D eigenvalue weighted by atomic mass is 16.5. The monoisotopic (exact) mass is 167 g/mol. The minimum atomic E-state index is -0.156. The van der Waals surface area contributed by atoms with Crippen LogP contribution in [0.3, 0.4) is 0 Å². The van der Waals surface area contributed by atoms with Crippen molar-refractivity contribution in [2.75, 3.05) is 13.7 Å². The van der Waals surface area contributed by atoms with E-state index in [0.717, 1.165) is 11.5 Å². The van der Waals surface area contributed by atoms with E-state index in [0.29, 0.717) is 6.61 Å². The highest BCUT2D eigenvalue weighted by Crippen LogP contribution is 2.05. The van der Waals surface area contributed by atoms with Crippen LogP contribution in [0, 0.1) is 6.92 Å². The fraction of sp³-hybridized carbons (Fsp3) is 0.500. The van der Waals surface area contributed by atoms with Gasteiger partial charge in [0.2, 0.25) is 0 Å². The zero-order valence-electron chi connectivity index (χ0n) is 7.32. The average molecular weight is 167 g/mol. The molecule has 1 rings (SSSR count). The number of methoxy groups -OCH3 is 1. The van der Waals surface area contributed by atoms with Crippen LogP contribution in [0.5, 0.6) is 0 Å². The van der Waals surface area contributed by atoms with Gasteiger partial charge in [0.15, 0.2) is 0 Å². The summed E-state index contributed by atoms with van der Waals surface area (Å²) in [6.45, 7) is 2.32. The van der Waals surface area contributed by atoms with Gasteiger partial charge in [-0.15, -0.1) is 0 Å². The lowest BCUT2D eigenvalue weighted by Gasteiger charge is -2.09. The van der Waals surface area contributed by atoms with Gasteiger partial charge < -0.3 is 10.5 Å². The summed E-state index contributed by atoms with van der Waals surface area (Å²) in [4.78, 5) is 8.15. The van der Waals surface area contributed by atoms with Crippen molar-refractivity contribution in [2.45, 2.75) is 13.0 Å². The van der Waals surface area contributed by atoms with Crippen molar-refractivity contribution in [3.8, 4) is 0 Å². The van der Waals surface area contributed by atoms with Gasteiger partial charge >= 0.3 is 0 Å². The molecular formula is C8H13N3O. The average Bonchev–Trinajstić information content (AvgIpc) is 2.05. The Morgan fingerprint density at radius 2 is 2.42 bits per heavy atom. The second-order valence-corrected chi connectivity index (χ2v) is 2.59. The number of rotatable bonds is 3. The maximum Gasteiger partial charge on any atom is 0.125 e. The molecule has 66 valence electrons. The smallest absolute Gasteiger partial charge is 0.125 e. The molecule has 0 aliphatic heterocycles. The fourth-order valence-corrected chi connectivity index (χ4v) is 0.946. The summed E-state index contributed by atoms with van der Waals surface area (Å²) in [5.41, 5.74) is 6.58. The molecule has 0 aromatic carbocycles. The molecule has 0 bridgehead atoms. The van der Waals surface area contributed by atoms with Gasteiger partial charge in [-0.25, -0.2) is 9.97 Å². The fourth-order valence-electron chi connectivity index (χ4n) is 0.946. The maximum atomic E-state index is 5.76. The molecule has 1 heterocycles. The van der Waals surface area contributed by atoms with Gasteiger partial charge in [0.1, 0.15) is 5.82 Å². The third-order valence-electron chi connectivity index (χ3n) is 1.52. The van der Waals surface area contributed by atoms with E-state index in [1.54, 1.807) is 19.4 Å². The first kappa shape index (κ1) is 9.09. The molecule has 0 aliphatic carbocycles. The molecule has 0 radical (unpaired) electrons. The van der Waals surface area contributed by atoms with E-state index < -0.39 is 0 Å². The van der Waals surface area contributed by atoms with Crippen LogP contribution < -0.4 is 5.73 Å². The molecule has 0 saturated heterocycles. The van der Waals surface area contributed by atoms with Crippen LogP contribution in [-0.2, 0) is 4.74 Å². The summed E-state index contributed by atoms with van der Waals surface area (Å²) >= 11 is 0. The number of aryl methyl sites for hydroxylation is 1. The molecule has 0 spiro atoms. The van der Waals surface area contributed by atoms with Crippen molar-refractivity contribution in [1.82, 2.24) is 9.97 Å². The summed E-state index contributed by atoms with van der Waals surface area (Å²) in [7, 11) is 1.62. The lowest BCUT2D eigenvalue weighted by Crippen LogP contribution is -2.17. The Morgan fingerprint density at radius 3 is 3.00 bits per heavy atom. The SMILES string of the molecule is COCC(N)c1ccnc(C)n1.